The van der Waals surface area contributed by atoms with Gasteiger partial charge in [-0.3, -0.25) is 0 Å². The molecule has 4 rings (SSSR count). The van der Waals surface area contributed by atoms with Crippen LogP contribution in [0.3, 0.4) is 0 Å². The van der Waals surface area contributed by atoms with Gasteiger partial charge < -0.3 is 0 Å². The molecule has 4 aliphatic carbocycles. The molecule has 0 aliphatic heterocycles. The van der Waals surface area contributed by atoms with Crippen LogP contribution >= 0.6 is 0 Å². The first kappa shape index (κ1) is 18.3. The van der Waals surface area contributed by atoms with Crippen LogP contribution in [0.25, 0.3) is 0 Å². The summed E-state index contributed by atoms with van der Waals surface area (Å²) in [5.41, 5.74) is 1.55. The van der Waals surface area contributed by atoms with Crippen molar-refractivity contribution in [2.45, 2.75) is 57.8 Å². The van der Waals surface area contributed by atoms with E-state index >= 15 is 0 Å². The maximum absolute atomic E-state index is 11.3. The van der Waals surface area contributed by atoms with E-state index in [1.807, 2.05) is 0 Å². The summed E-state index contributed by atoms with van der Waals surface area (Å²) in [6, 6.07) is 0. The van der Waals surface area contributed by atoms with Gasteiger partial charge in [-0.15, -0.1) is 0 Å². The Hall–Kier alpha value is -0.0817. The molecule has 138 valence electrons. The molecule has 0 saturated heterocycles. The summed E-state index contributed by atoms with van der Waals surface area (Å²) < 4.78 is 13.1. The van der Waals surface area contributed by atoms with Gasteiger partial charge in [0.2, 0.25) is 0 Å². The summed E-state index contributed by atoms with van der Waals surface area (Å²) >= 11 is 1.62. The molecular weight excluding hydrogens is 484 g/mol. The zero-order valence-corrected chi connectivity index (χ0v) is 18.7. The fourth-order valence-electron chi connectivity index (χ4n) is 6.42. The second-order valence-electron chi connectivity index (χ2n) is 8.96. The summed E-state index contributed by atoms with van der Waals surface area (Å²) in [7, 11) is 3.44. The van der Waals surface area contributed by atoms with Gasteiger partial charge in [-0.25, -0.2) is 0 Å². The quantitative estimate of drug-likeness (QED) is 0.575. The summed E-state index contributed by atoms with van der Waals surface area (Å²) in [5.74, 6) is 0.890. The fourth-order valence-corrected chi connectivity index (χ4v) is 7.69. The fraction of sp³-hybridized carbons (Fsp3) is 0.762. The topological polar surface area (TPSA) is 38.7 Å². The van der Waals surface area contributed by atoms with Gasteiger partial charge in [-0.1, -0.05) is 0 Å². The number of ether oxygens (including phenoxy) is 2. The van der Waals surface area contributed by atoms with Crippen molar-refractivity contribution in [2.75, 3.05) is 14.2 Å². The predicted octanol–water partition coefficient (Wildman–Crippen LogP) is 3.40. The van der Waals surface area contributed by atoms with Crippen molar-refractivity contribution in [3.63, 3.8) is 0 Å². The minimum atomic E-state index is -0.610. The Kier molecular flexibility index (Phi) is 4.36. The summed E-state index contributed by atoms with van der Waals surface area (Å²) in [4.78, 5) is 0. The SMILES string of the molecule is COC1(OC)C=C2C=CC3C4CC[C](=[W])C4(C)CC(O)C3C2(C)CC1. The molecule has 0 heterocycles. The first-order chi connectivity index (χ1) is 11.8. The van der Waals surface area contributed by atoms with E-state index in [0.717, 1.165) is 19.3 Å². The molecule has 25 heavy (non-hydrogen) atoms. The second-order valence-corrected chi connectivity index (χ2v) is 10.7. The van der Waals surface area contributed by atoms with E-state index in [2.05, 4.69) is 32.1 Å². The molecule has 0 spiro atoms. The van der Waals surface area contributed by atoms with E-state index in [0.29, 0.717) is 17.8 Å². The van der Waals surface area contributed by atoms with E-state index < -0.39 is 5.79 Å². The molecule has 6 atom stereocenters. The number of hydrogen-bond acceptors (Lipinski definition) is 3. The summed E-state index contributed by atoms with van der Waals surface area (Å²) in [6.07, 6.45) is 12.0. The predicted molar refractivity (Wildman–Crippen MR) is 94.8 cm³/mol. The number of fused-ring (bicyclic) bond motifs is 5. The van der Waals surface area contributed by atoms with Crippen molar-refractivity contribution in [3.8, 4) is 0 Å². The van der Waals surface area contributed by atoms with Crippen LogP contribution in [-0.4, -0.2) is 35.1 Å². The van der Waals surface area contributed by atoms with Gasteiger partial charge in [-0.2, -0.15) is 0 Å². The van der Waals surface area contributed by atoms with Gasteiger partial charge in [0.1, 0.15) is 0 Å². The maximum atomic E-state index is 11.3. The molecule has 0 radical (unpaired) electrons. The van der Waals surface area contributed by atoms with Gasteiger partial charge in [-0.05, 0) is 0 Å². The number of hydrogen-bond donors (Lipinski definition) is 1. The Morgan fingerprint density at radius 1 is 1.16 bits per heavy atom. The van der Waals surface area contributed by atoms with Crippen molar-refractivity contribution in [2.24, 2.45) is 28.6 Å². The minimum absolute atomic E-state index is 0.0179. The third kappa shape index (κ3) is 2.42. The van der Waals surface area contributed by atoms with Crippen LogP contribution in [0.15, 0.2) is 23.8 Å². The van der Waals surface area contributed by atoms with Crippen molar-refractivity contribution in [1.29, 1.82) is 0 Å². The third-order valence-corrected chi connectivity index (χ3v) is 10.4. The van der Waals surface area contributed by atoms with E-state index in [-0.39, 0.29) is 16.9 Å². The number of aliphatic hydroxyl groups excluding tert-OH is 1. The number of rotatable bonds is 2. The van der Waals surface area contributed by atoms with Crippen LogP contribution in [-0.2, 0) is 28.8 Å². The Morgan fingerprint density at radius 2 is 1.88 bits per heavy atom. The molecule has 0 amide bonds. The van der Waals surface area contributed by atoms with E-state index in [4.69, 9.17) is 9.47 Å². The van der Waals surface area contributed by atoms with Crippen LogP contribution in [0, 0.1) is 28.6 Å². The molecule has 4 aliphatic rings. The molecule has 4 heteroatoms. The van der Waals surface area contributed by atoms with E-state index in [9.17, 15) is 5.11 Å². The zero-order chi connectivity index (χ0) is 18.0. The van der Waals surface area contributed by atoms with Crippen LogP contribution in [0.4, 0.5) is 0 Å². The Morgan fingerprint density at radius 3 is 2.56 bits per heavy atom. The first-order valence-corrected chi connectivity index (χ1v) is 11.0. The van der Waals surface area contributed by atoms with Crippen molar-refractivity contribution in [1.82, 2.24) is 0 Å². The van der Waals surface area contributed by atoms with Crippen molar-refractivity contribution in [3.05, 3.63) is 23.8 Å². The Bertz CT molecular complexity index is 650. The molecule has 0 bridgehead atoms. The molecule has 6 unspecified atom stereocenters. The molecule has 3 nitrogen and oxygen atoms in total. The zero-order valence-electron chi connectivity index (χ0n) is 15.7. The molecule has 2 fully saturated rings. The van der Waals surface area contributed by atoms with Crippen LogP contribution in [0.2, 0.25) is 0 Å². The Balaban J connectivity index is 1.78. The van der Waals surface area contributed by atoms with Gasteiger partial charge in [0.05, 0.1) is 0 Å². The molecule has 0 aromatic rings. The van der Waals surface area contributed by atoms with Crippen LogP contribution in [0.1, 0.15) is 46.0 Å². The number of aliphatic hydroxyl groups is 1. The van der Waals surface area contributed by atoms with Crippen LogP contribution < -0.4 is 0 Å². The van der Waals surface area contributed by atoms with Crippen molar-refractivity contribution >= 4 is 3.90 Å². The standard InChI is InChI=1S/C21H30O3.W/c1-19-9-5-6-16(19)15-8-7-14-12-21(23-3,24-4)11-10-20(14,2)18(15)17(22)13-19;/h7-8,12,15-18,22H,5-6,10-11,13H2,1-4H3;. The van der Waals surface area contributed by atoms with E-state index in [1.54, 1.807) is 37.5 Å². The van der Waals surface area contributed by atoms with Gasteiger partial charge in [0.15, 0.2) is 0 Å². The summed E-state index contributed by atoms with van der Waals surface area (Å²) in [5, 5.41) is 11.3. The molecular formula is C21H30O3W. The van der Waals surface area contributed by atoms with Gasteiger partial charge >= 0.3 is 162 Å². The average molecular weight is 514 g/mol. The second kappa shape index (κ2) is 5.96. The van der Waals surface area contributed by atoms with Gasteiger partial charge in [0, 0.05) is 0 Å². The summed E-state index contributed by atoms with van der Waals surface area (Å²) in [6.45, 7) is 4.77. The monoisotopic (exact) mass is 514 g/mol. The third-order valence-electron chi connectivity index (χ3n) is 8.02. The van der Waals surface area contributed by atoms with Crippen LogP contribution in [0.5, 0.6) is 0 Å². The van der Waals surface area contributed by atoms with E-state index in [1.165, 1.54) is 18.4 Å². The molecule has 0 aromatic carbocycles. The normalized spacial score (nSPS) is 47.7. The first-order valence-electron chi connectivity index (χ1n) is 9.53. The average Bonchev–Trinajstić information content (AvgIpc) is 2.89. The Labute approximate surface area is 162 Å². The number of methoxy groups -OCH3 is 2. The number of allylic oxidation sites excluding steroid dienone is 3. The van der Waals surface area contributed by atoms with Crippen molar-refractivity contribution < 1.29 is 33.9 Å². The molecule has 1 N–H and O–H groups in total. The molecule has 2 saturated carbocycles. The van der Waals surface area contributed by atoms with Gasteiger partial charge in [0.25, 0.3) is 0 Å². The molecule has 0 aromatic heterocycles.